The first-order valence-corrected chi connectivity index (χ1v) is 13.2. The number of hydrogen-bond donors (Lipinski definition) is 3. The van der Waals surface area contributed by atoms with Crippen LogP contribution >= 0.6 is 23.0 Å². The summed E-state index contributed by atoms with van der Waals surface area (Å²) >= 11 is 1.87. The second-order valence-electron chi connectivity index (χ2n) is 10.4. The fraction of sp³-hybridized carbons (Fsp3) is 0.640. The Hall–Kier alpha value is -1.92. The second kappa shape index (κ2) is 10.6. The zero-order valence-corrected chi connectivity index (χ0v) is 22.9. The molecule has 0 spiro atoms. The van der Waals surface area contributed by atoms with Gasteiger partial charge in [0.2, 0.25) is 17.7 Å². The van der Waals surface area contributed by atoms with Crippen molar-refractivity contribution in [2.75, 3.05) is 13.7 Å². The van der Waals surface area contributed by atoms with Crippen molar-refractivity contribution in [3.8, 4) is 5.75 Å². The first-order chi connectivity index (χ1) is 16.7. The van der Waals surface area contributed by atoms with E-state index >= 15 is 0 Å². The Morgan fingerprint density at radius 2 is 2.00 bits per heavy atom. The average molecular weight is 598 g/mol. The molecule has 3 N–H and O–H groups in total. The molecule has 2 aliphatic heterocycles. The first-order valence-electron chi connectivity index (χ1n) is 12.3. The zero-order valence-electron chi connectivity index (χ0n) is 20.7. The predicted molar refractivity (Wildman–Crippen MR) is 139 cm³/mol. The summed E-state index contributed by atoms with van der Waals surface area (Å²) in [6.45, 7) is 6.08. The van der Waals surface area contributed by atoms with Gasteiger partial charge in [0, 0.05) is 6.42 Å². The fourth-order valence-electron chi connectivity index (χ4n) is 5.52. The van der Waals surface area contributed by atoms with Crippen molar-refractivity contribution in [2.24, 2.45) is 5.41 Å². The maximum Gasteiger partial charge on any atom is 0.247 e. The van der Waals surface area contributed by atoms with Crippen LogP contribution < -0.4 is 19.0 Å². The Bertz CT molecular complexity index is 987. The first kappa shape index (κ1) is 26.2. The molecule has 0 radical (unpaired) electrons. The molecule has 0 saturated carbocycles. The molecule has 4 rings (SSSR count). The van der Waals surface area contributed by atoms with E-state index in [1.807, 2.05) is 55.1 Å². The van der Waals surface area contributed by atoms with Crippen LogP contribution in [0.5, 0.6) is 5.75 Å². The number of nitrogens with one attached hydrogen (secondary N) is 3. The third kappa shape index (κ3) is 5.29. The number of carbonyl (C=O) groups is 3. The number of fused-ring (bicyclic) bond motifs is 2. The van der Waals surface area contributed by atoms with Gasteiger partial charge in [-0.3, -0.25) is 14.4 Å². The highest BCUT2D eigenvalue weighted by Gasteiger charge is 2.55. The summed E-state index contributed by atoms with van der Waals surface area (Å²) in [6.07, 6.45) is 3.19. The number of ether oxygens (including phenoxy) is 1. The Labute approximate surface area is 220 Å². The van der Waals surface area contributed by atoms with Crippen molar-refractivity contribution in [2.45, 2.75) is 83.3 Å². The van der Waals surface area contributed by atoms with Crippen molar-refractivity contribution in [1.29, 1.82) is 0 Å². The topological polar surface area (TPSA) is 109 Å². The third-order valence-corrected chi connectivity index (χ3v) is 8.03. The number of benzene rings is 1. The lowest BCUT2D eigenvalue weighted by Crippen LogP contribution is -2.58. The van der Waals surface area contributed by atoms with Gasteiger partial charge in [0.15, 0.2) is 23.0 Å². The van der Waals surface area contributed by atoms with Crippen LogP contribution in [0.4, 0.5) is 0 Å². The Morgan fingerprint density at radius 1 is 1.23 bits per heavy atom. The smallest absolute Gasteiger partial charge is 0.247 e. The van der Waals surface area contributed by atoms with Crippen molar-refractivity contribution in [3.05, 3.63) is 29.3 Å². The van der Waals surface area contributed by atoms with Crippen LogP contribution in [-0.4, -0.2) is 60.6 Å². The van der Waals surface area contributed by atoms with Gasteiger partial charge >= 0.3 is 0 Å². The van der Waals surface area contributed by atoms with Crippen LogP contribution in [-0.2, 0) is 25.5 Å². The number of halogens is 1. The van der Waals surface area contributed by atoms with Gasteiger partial charge in [0.25, 0.3) is 0 Å². The molecular weight excluding hydrogens is 563 g/mol. The molecule has 9 nitrogen and oxygen atoms in total. The van der Waals surface area contributed by atoms with E-state index in [9.17, 15) is 14.4 Å². The number of nitrogens with zero attached hydrogens (tertiary/aromatic N) is 1. The molecule has 1 aliphatic carbocycles. The van der Waals surface area contributed by atoms with E-state index in [4.69, 9.17) is 7.80 Å². The molecule has 5 atom stereocenters. The second-order valence-corrected chi connectivity index (χ2v) is 10.9. The maximum absolute atomic E-state index is 13.8. The lowest BCUT2D eigenvalue weighted by Gasteiger charge is -2.35. The molecule has 0 aromatic heterocycles. The van der Waals surface area contributed by atoms with Gasteiger partial charge in [-0.15, -0.1) is 0 Å². The van der Waals surface area contributed by atoms with Gasteiger partial charge in [-0.25, -0.2) is 0 Å². The molecule has 1 aromatic carbocycles. The highest BCUT2D eigenvalue weighted by atomic mass is 127. The molecule has 1 aromatic rings. The Balaban J connectivity index is 1.56. The van der Waals surface area contributed by atoms with E-state index in [1.54, 1.807) is 18.9 Å². The quantitative estimate of drug-likeness (QED) is 0.435. The maximum atomic E-state index is 13.8. The van der Waals surface area contributed by atoms with Crippen LogP contribution in [0.3, 0.4) is 0 Å². The zero-order chi connectivity index (χ0) is 25.3. The molecule has 3 amide bonds. The number of likely N-dealkylation sites (N-methyl/N-ethyl adjacent to an activating group) is 1. The van der Waals surface area contributed by atoms with Crippen molar-refractivity contribution >= 4 is 40.7 Å². The SMILES string of the molecule is CNC(C)C(=O)NC1CCOC2CC(C)(C)C(C(=O)NC3CCCc4cc(OI)ccc43)N2C1=O. The van der Waals surface area contributed by atoms with E-state index < -0.39 is 29.8 Å². The predicted octanol–water partition coefficient (Wildman–Crippen LogP) is 2.38. The van der Waals surface area contributed by atoms with Crippen LogP contribution in [0.15, 0.2) is 18.2 Å². The summed E-state index contributed by atoms with van der Waals surface area (Å²) in [4.78, 5) is 41.5. The monoisotopic (exact) mass is 598 g/mol. The number of aryl methyl sites for hydroxylation is 1. The summed E-state index contributed by atoms with van der Waals surface area (Å²) in [7, 11) is 1.70. The van der Waals surface area contributed by atoms with Crippen molar-refractivity contribution in [1.82, 2.24) is 20.9 Å². The lowest BCUT2D eigenvalue weighted by atomic mass is 9.82. The van der Waals surface area contributed by atoms with Crippen LogP contribution in [0.1, 0.15) is 63.6 Å². The van der Waals surface area contributed by atoms with Crippen molar-refractivity contribution < 1.29 is 22.2 Å². The third-order valence-electron chi connectivity index (χ3n) is 7.52. The molecule has 5 unspecified atom stereocenters. The molecule has 2 saturated heterocycles. The van der Waals surface area contributed by atoms with E-state index in [2.05, 4.69) is 16.0 Å². The van der Waals surface area contributed by atoms with Gasteiger partial charge in [0.05, 0.1) is 18.7 Å². The summed E-state index contributed by atoms with van der Waals surface area (Å²) < 4.78 is 11.4. The van der Waals surface area contributed by atoms with Gasteiger partial charge in [-0.1, -0.05) is 19.9 Å². The van der Waals surface area contributed by atoms with Crippen LogP contribution in [0, 0.1) is 5.41 Å². The van der Waals surface area contributed by atoms with Gasteiger partial charge in [-0.2, -0.15) is 0 Å². The molecule has 2 heterocycles. The molecule has 2 fully saturated rings. The van der Waals surface area contributed by atoms with E-state index in [-0.39, 0.29) is 23.8 Å². The van der Waals surface area contributed by atoms with Gasteiger partial charge in [0.1, 0.15) is 24.1 Å². The molecular formula is C25H35IN4O5. The van der Waals surface area contributed by atoms with E-state index in [1.165, 1.54) is 5.56 Å². The number of amides is 3. The van der Waals surface area contributed by atoms with Crippen LogP contribution in [0.2, 0.25) is 0 Å². The van der Waals surface area contributed by atoms with E-state index in [0.717, 1.165) is 30.6 Å². The fourth-order valence-corrected chi connectivity index (χ4v) is 5.79. The minimum atomic E-state index is -0.727. The minimum Gasteiger partial charge on any atom is -0.428 e. The summed E-state index contributed by atoms with van der Waals surface area (Å²) in [5.41, 5.74) is 1.79. The highest BCUT2D eigenvalue weighted by molar-refractivity contribution is 14.1. The van der Waals surface area contributed by atoms with Crippen molar-refractivity contribution in [3.63, 3.8) is 0 Å². The van der Waals surface area contributed by atoms with Crippen LogP contribution in [0.25, 0.3) is 0 Å². The Kier molecular flexibility index (Phi) is 7.92. The highest BCUT2D eigenvalue weighted by Crippen LogP contribution is 2.43. The minimum absolute atomic E-state index is 0.126. The summed E-state index contributed by atoms with van der Waals surface area (Å²) in [5.74, 6) is 0.0985. The largest absolute Gasteiger partial charge is 0.428 e. The van der Waals surface area contributed by atoms with Gasteiger partial charge < -0.3 is 28.7 Å². The van der Waals surface area contributed by atoms with Gasteiger partial charge in [-0.05, 0) is 68.3 Å². The standard InChI is InChI=1S/C25H35IN4O5/c1-14(27-4)22(31)29-19-10-11-34-20-13-25(2,3)21(30(20)24(19)33)23(32)28-18-7-5-6-15-12-16(35-26)8-9-17(15)18/h8-9,12,14,18-21,27H,5-7,10-11,13H2,1-4H3,(H,28,32)(H,29,31). The number of rotatable bonds is 6. The normalized spacial score (nSPS) is 28.4. The molecule has 3 aliphatic rings. The summed E-state index contributed by atoms with van der Waals surface area (Å²) in [5, 5.41) is 8.98. The summed E-state index contributed by atoms with van der Waals surface area (Å²) in [6, 6.07) is 3.99. The molecule has 10 heteroatoms. The lowest BCUT2D eigenvalue weighted by molar-refractivity contribution is -0.150. The molecule has 35 heavy (non-hydrogen) atoms. The number of hydrogen-bond acceptors (Lipinski definition) is 6. The Morgan fingerprint density at radius 3 is 2.71 bits per heavy atom. The average Bonchev–Trinajstić information content (AvgIpc) is 3.03. The van der Waals surface area contributed by atoms with E-state index in [0.29, 0.717) is 19.4 Å². The molecule has 192 valence electrons. The molecule has 0 bridgehead atoms. The number of carbonyl (C=O) groups excluding carboxylic acids is 3.